The van der Waals surface area contributed by atoms with Gasteiger partial charge in [-0.05, 0) is 0 Å². The van der Waals surface area contributed by atoms with Gasteiger partial charge in [0.1, 0.15) is 0 Å². The van der Waals surface area contributed by atoms with E-state index in [1.807, 2.05) is 0 Å². The van der Waals surface area contributed by atoms with E-state index in [9.17, 15) is 0 Å². The van der Waals surface area contributed by atoms with Crippen molar-refractivity contribution in [2.45, 2.75) is 38.5 Å². The maximum Gasteiger partial charge on any atom is -0.269 e. The average Bonchev–Trinajstić information content (AvgIpc) is 2.21. The average molecular weight is 387 g/mol. The van der Waals surface area contributed by atoms with Crippen LogP contribution in [-0.2, 0) is 23.5 Å². The molecule has 0 spiro atoms. The topological polar surface area (TPSA) is 6.48 Å². The smallest absolute Gasteiger partial charge is 0.269 e. The van der Waals surface area contributed by atoms with Gasteiger partial charge < -0.3 is 0 Å². The van der Waals surface area contributed by atoms with Gasteiger partial charge in [-0.25, -0.2) is 0 Å². The molecule has 0 N–H and O–H groups in total. The molecule has 15 heavy (non-hydrogen) atoms. The molecule has 2 heterocycles. The molecule has 2 aliphatic heterocycles. The van der Waals surface area contributed by atoms with Crippen LogP contribution >= 0.6 is 0 Å². The third-order valence-corrected chi connectivity index (χ3v) is 8.24. The number of piperidine rings is 2. The zero-order valence-corrected chi connectivity index (χ0v) is 12.9. The van der Waals surface area contributed by atoms with Crippen LogP contribution in [0.25, 0.3) is 0 Å². The maximum atomic E-state index is 2.83. The molecular weight excluding hydrogens is 365 g/mol. The third-order valence-electron chi connectivity index (χ3n) is 2.99. The molecule has 0 unspecified atom stereocenters. The quantitative estimate of drug-likeness (QED) is 0.671. The van der Waals surface area contributed by atoms with E-state index in [0.29, 0.717) is 0 Å². The van der Waals surface area contributed by atoms with Gasteiger partial charge in [-0.1, -0.05) is 0 Å². The Hall–Kier alpha value is 0.650. The fraction of sp³-hybridized carbons (Fsp3) is 1.00. The summed E-state index contributed by atoms with van der Waals surface area (Å²) in [6.45, 7) is 5.72. The summed E-state index contributed by atoms with van der Waals surface area (Å²) in [6.07, 6.45) is 8.86. The van der Waals surface area contributed by atoms with Crippen LogP contribution in [0.4, 0.5) is 9.41 Å². The predicted octanol–water partition coefficient (Wildman–Crippen LogP) is 2.18. The Morgan fingerprint density at radius 3 is 1.20 bits per heavy atom. The Kier molecular flexibility index (Phi) is 9.14. The molecule has 0 aromatic carbocycles. The molecule has 2 saturated heterocycles. The largest absolute Gasteiger partial charge is 0.269 e. The molecule has 0 saturated carbocycles. The van der Waals surface area contributed by atoms with Crippen LogP contribution in [0.5, 0.6) is 0 Å². The van der Waals surface area contributed by atoms with Crippen LogP contribution in [0, 0.1) is 0 Å². The van der Waals surface area contributed by atoms with Crippen molar-refractivity contribution in [3.05, 3.63) is 0 Å². The van der Waals surface area contributed by atoms with E-state index < -0.39 is 23.5 Å². The summed E-state index contributed by atoms with van der Waals surface area (Å²) in [4.78, 5) is 0. The molecule has 0 bridgehead atoms. The van der Waals surface area contributed by atoms with Gasteiger partial charge in [0.25, 0.3) is 0 Å². The molecule has 5 heteroatoms. The van der Waals surface area contributed by atoms with Crippen molar-refractivity contribution in [2.75, 3.05) is 26.2 Å². The zero-order chi connectivity index (χ0) is 8.93. The van der Waals surface area contributed by atoms with E-state index in [1.165, 1.54) is 64.7 Å². The van der Waals surface area contributed by atoms with E-state index in [0.717, 1.165) is 0 Å². The van der Waals surface area contributed by atoms with E-state index >= 15 is 0 Å². The van der Waals surface area contributed by atoms with E-state index in [-0.39, 0.29) is 9.41 Å². The Bertz CT molecular complexity index is 132. The minimum absolute atomic E-state index is 0. The molecule has 0 amide bonds. The zero-order valence-electron chi connectivity index (χ0n) is 9.28. The van der Waals surface area contributed by atoms with Gasteiger partial charge in [-0.15, -0.1) is 0 Å². The van der Waals surface area contributed by atoms with Crippen LogP contribution in [0.3, 0.4) is 0 Å². The van der Waals surface area contributed by atoms with E-state index in [2.05, 4.69) is 5.78 Å². The Labute approximate surface area is 103 Å². The maximum absolute atomic E-state index is 2.83. The predicted molar refractivity (Wildman–Crippen MR) is 55.9 cm³/mol. The molecule has 90 valence electrons. The summed E-state index contributed by atoms with van der Waals surface area (Å²) in [5, 5.41) is 0. The summed E-state index contributed by atoms with van der Waals surface area (Å²) in [5.74, 6) is 0. The van der Waals surface area contributed by atoms with Crippen molar-refractivity contribution < 1.29 is 32.9 Å². The third kappa shape index (κ3) is 5.50. The van der Waals surface area contributed by atoms with Gasteiger partial charge in [0.05, 0.1) is 0 Å². The SMILES string of the molecule is C1CC[N]([Hf][N]2CCCCC2)CC1.F.F. The summed E-state index contributed by atoms with van der Waals surface area (Å²) < 4.78 is 5.66. The Morgan fingerprint density at radius 2 is 0.867 bits per heavy atom. The molecule has 0 atom stereocenters. The number of rotatable bonds is 2. The van der Waals surface area contributed by atoms with Crippen LogP contribution in [-0.4, -0.2) is 32.0 Å². The Morgan fingerprint density at radius 1 is 0.533 bits per heavy atom. The molecule has 0 aliphatic carbocycles. The van der Waals surface area contributed by atoms with E-state index in [4.69, 9.17) is 0 Å². The number of hydrogen-bond donors (Lipinski definition) is 0. The monoisotopic (exact) mass is 388 g/mol. The van der Waals surface area contributed by atoms with Crippen molar-refractivity contribution in [1.29, 1.82) is 0 Å². The minimum Gasteiger partial charge on any atom is -0.269 e. The first kappa shape index (κ1) is 15.7. The summed E-state index contributed by atoms with van der Waals surface area (Å²) >= 11 is -0.519. The van der Waals surface area contributed by atoms with Crippen molar-refractivity contribution in [3.8, 4) is 0 Å². The molecule has 0 aromatic heterocycles. The standard InChI is InChI=1S/2C5H10N.2FH.Hf/c2*1-2-4-6-5-3-1;;;/h2*1-5H2;2*1H;/q2*-1;;;+2. The van der Waals surface area contributed by atoms with Gasteiger partial charge in [-0.3, -0.25) is 9.41 Å². The molecular formula is C10H22F2HfN2. The number of halogens is 2. The molecule has 0 radical (unpaired) electrons. The first-order valence-electron chi connectivity index (χ1n) is 5.71. The minimum atomic E-state index is -0.519. The fourth-order valence-electron chi connectivity index (χ4n) is 2.19. The van der Waals surface area contributed by atoms with Crippen molar-refractivity contribution in [2.24, 2.45) is 0 Å². The first-order chi connectivity index (χ1) is 6.45. The molecule has 0 aromatic rings. The van der Waals surface area contributed by atoms with Gasteiger partial charge in [0, 0.05) is 0 Å². The van der Waals surface area contributed by atoms with Gasteiger partial charge >= 0.3 is 94.0 Å². The molecule has 2 aliphatic rings. The molecule has 2 fully saturated rings. The van der Waals surface area contributed by atoms with Gasteiger partial charge in [-0.2, -0.15) is 0 Å². The fourth-order valence-corrected chi connectivity index (χ4v) is 7.33. The summed E-state index contributed by atoms with van der Waals surface area (Å²) in [6, 6.07) is 0. The van der Waals surface area contributed by atoms with Crippen molar-refractivity contribution >= 4 is 0 Å². The normalized spacial score (nSPS) is 23.7. The second kappa shape index (κ2) is 8.76. The second-order valence-electron chi connectivity index (χ2n) is 4.20. The van der Waals surface area contributed by atoms with Crippen LogP contribution < -0.4 is 0 Å². The van der Waals surface area contributed by atoms with Crippen LogP contribution in [0.2, 0.25) is 0 Å². The van der Waals surface area contributed by atoms with Gasteiger partial charge in [0.15, 0.2) is 0 Å². The van der Waals surface area contributed by atoms with Crippen molar-refractivity contribution in [3.63, 3.8) is 0 Å². The summed E-state index contributed by atoms with van der Waals surface area (Å²) in [7, 11) is 0. The van der Waals surface area contributed by atoms with E-state index in [1.54, 1.807) is 0 Å². The second-order valence-corrected chi connectivity index (χ2v) is 9.46. The van der Waals surface area contributed by atoms with Crippen LogP contribution in [0.15, 0.2) is 0 Å². The number of nitrogens with zero attached hydrogens (tertiary/aromatic N) is 2. The van der Waals surface area contributed by atoms with Gasteiger partial charge in [0.2, 0.25) is 0 Å². The van der Waals surface area contributed by atoms with Crippen molar-refractivity contribution in [1.82, 2.24) is 5.78 Å². The summed E-state index contributed by atoms with van der Waals surface area (Å²) in [5.41, 5.74) is 0. The first-order valence-corrected chi connectivity index (χ1v) is 8.93. The Balaban J connectivity index is 0.000000980. The molecule has 2 nitrogen and oxygen atoms in total. The van der Waals surface area contributed by atoms with Crippen LogP contribution in [0.1, 0.15) is 38.5 Å². The number of hydrogen-bond acceptors (Lipinski definition) is 2. The molecule has 2 rings (SSSR count).